The summed E-state index contributed by atoms with van der Waals surface area (Å²) in [5, 5.41) is 12.9. The molecule has 4 nitrogen and oxygen atoms in total. The zero-order valence-electron chi connectivity index (χ0n) is 11.0. The number of benzene rings is 2. The second-order valence-corrected chi connectivity index (χ2v) is 5.32. The fraction of sp³-hybridized carbons (Fsp3) is 0.133. The second kappa shape index (κ2) is 4.16. The molecule has 2 heterocycles. The van der Waals surface area contributed by atoms with Crippen molar-refractivity contribution in [3.05, 3.63) is 59.4 Å². The van der Waals surface area contributed by atoms with Crippen LogP contribution in [0.5, 0.6) is 0 Å². The van der Waals surface area contributed by atoms with Crippen molar-refractivity contribution < 1.29 is 18.9 Å². The van der Waals surface area contributed by atoms with Gasteiger partial charge in [0.2, 0.25) is 0 Å². The lowest BCUT2D eigenvalue weighted by molar-refractivity contribution is -0.132. The molecular weight excluding hydrogens is 272 g/mol. The van der Waals surface area contributed by atoms with Gasteiger partial charge in [-0.05, 0) is 29.2 Å². The molecule has 1 atom stereocenters. The van der Waals surface area contributed by atoms with Crippen molar-refractivity contribution in [1.82, 2.24) is 0 Å². The fourth-order valence-corrected chi connectivity index (χ4v) is 3.10. The molecule has 2 aromatic carbocycles. The summed E-state index contributed by atoms with van der Waals surface area (Å²) in [5.74, 6) is -0.821. The van der Waals surface area contributed by atoms with Crippen LogP contribution in [0, 0.1) is 5.82 Å². The molecule has 2 N–H and O–H groups in total. The number of carbonyl (C=O) groups excluding carboxylic acids is 1. The van der Waals surface area contributed by atoms with Crippen molar-refractivity contribution in [2.45, 2.75) is 12.0 Å². The van der Waals surface area contributed by atoms with Crippen LogP contribution in [-0.4, -0.2) is 18.0 Å². The van der Waals surface area contributed by atoms with E-state index in [0.29, 0.717) is 16.7 Å². The molecule has 0 aromatic heterocycles. The van der Waals surface area contributed by atoms with Crippen molar-refractivity contribution in [2.24, 2.45) is 0 Å². The number of halogens is 1. The highest BCUT2D eigenvalue weighted by Crippen LogP contribution is 2.43. The molecule has 1 amide bonds. The second-order valence-electron chi connectivity index (χ2n) is 5.32. The Balaban J connectivity index is 1.90. The Morgan fingerprint density at radius 1 is 1.29 bits per heavy atom. The Labute approximate surface area is 120 Å². The van der Waals surface area contributed by atoms with Gasteiger partial charge in [0.05, 0.1) is 0 Å². The zero-order chi connectivity index (χ0) is 14.6. The summed E-state index contributed by atoms with van der Waals surface area (Å²) in [5.41, 5.74) is 1.05. The van der Waals surface area contributed by atoms with Gasteiger partial charge in [-0.1, -0.05) is 24.3 Å². The van der Waals surface area contributed by atoms with E-state index in [4.69, 9.17) is 4.65 Å². The average molecular weight is 283 g/mol. The molecule has 0 radical (unpaired) electrons. The zero-order valence-corrected chi connectivity index (χ0v) is 11.0. The maximum absolute atomic E-state index is 13.6. The van der Waals surface area contributed by atoms with Gasteiger partial charge in [0.25, 0.3) is 5.91 Å². The first-order valence-corrected chi connectivity index (χ1v) is 6.65. The smallest absolute Gasteiger partial charge is 0.423 e. The topological polar surface area (TPSA) is 58.6 Å². The van der Waals surface area contributed by atoms with Gasteiger partial charge in [0, 0.05) is 17.7 Å². The van der Waals surface area contributed by atoms with Crippen LogP contribution in [-0.2, 0) is 21.5 Å². The third-order valence-electron chi connectivity index (χ3n) is 4.11. The summed E-state index contributed by atoms with van der Waals surface area (Å²) in [4.78, 5) is 12.4. The normalized spacial score (nSPS) is 23.0. The van der Waals surface area contributed by atoms with E-state index in [0.717, 1.165) is 5.56 Å². The van der Waals surface area contributed by atoms with E-state index in [1.807, 2.05) is 12.1 Å². The van der Waals surface area contributed by atoms with Crippen molar-refractivity contribution in [3.63, 3.8) is 0 Å². The monoisotopic (exact) mass is 283 g/mol. The summed E-state index contributed by atoms with van der Waals surface area (Å²) >= 11 is 0. The first-order valence-electron chi connectivity index (χ1n) is 6.65. The van der Waals surface area contributed by atoms with Crippen LogP contribution < -0.4 is 10.8 Å². The number of nitrogens with one attached hydrogen (secondary N) is 1. The van der Waals surface area contributed by atoms with Gasteiger partial charge >= 0.3 is 7.12 Å². The first-order chi connectivity index (χ1) is 10.1. The molecule has 21 heavy (non-hydrogen) atoms. The maximum atomic E-state index is 13.6. The molecule has 0 saturated carbocycles. The Kier molecular flexibility index (Phi) is 2.49. The molecule has 0 bridgehead atoms. The molecule has 0 saturated heterocycles. The minimum atomic E-state index is -1.37. The van der Waals surface area contributed by atoms with Gasteiger partial charge < -0.3 is 15.0 Å². The molecule has 0 aliphatic carbocycles. The minimum Gasteiger partial charge on any atom is -0.423 e. The van der Waals surface area contributed by atoms with Crippen molar-refractivity contribution in [2.75, 3.05) is 5.32 Å². The van der Waals surface area contributed by atoms with Gasteiger partial charge in [-0.15, -0.1) is 0 Å². The number of amides is 1. The highest BCUT2D eigenvalue weighted by Gasteiger charge is 2.53. The van der Waals surface area contributed by atoms with Crippen LogP contribution >= 0.6 is 0 Å². The third-order valence-corrected chi connectivity index (χ3v) is 4.11. The summed E-state index contributed by atoms with van der Waals surface area (Å²) in [6.45, 7) is 0. The lowest BCUT2D eigenvalue weighted by Gasteiger charge is -2.35. The predicted molar refractivity (Wildman–Crippen MR) is 75.5 cm³/mol. The summed E-state index contributed by atoms with van der Waals surface area (Å²) < 4.78 is 19.2. The summed E-state index contributed by atoms with van der Waals surface area (Å²) in [7, 11) is -1.21. The molecule has 6 heteroatoms. The highest BCUT2D eigenvalue weighted by molar-refractivity contribution is 6.61. The Morgan fingerprint density at radius 2 is 2.10 bits per heavy atom. The van der Waals surface area contributed by atoms with Crippen LogP contribution in [0.1, 0.15) is 11.1 Å². The molecule has 1 unspecified atom stereocenters. The highest BCUT2D eigenvalue weighted by atomic mass is 19.1. The Morgan fingerprint density at radius 3 is 2.95 bits per heavy atom. The van der Waals surface area contributed by atoms with E-state index >= 15 is 0 Å². The van der Waals surface area contributed by atoms with E-state index in [2.05, 4.69) is 5.32 Å². The lowest BCUT2D eigenvalue weighted by Crippen LogP contribution is -2.54. The number of hydrogen-bond donors (Lipinski definition) is 2. The van der Waals surface area contributed by atoms with Gasteiger partial charge in [-0.3, -0.25) is 4.79 Å². The number of rotatable bonds is 0. The van der Waals surface area contributed by atoms with Crippen LogP contribution in [0.4, 0.5) is 10.1 Å². The average Bonchev–Trinajstić information content (AvgIpc) is 2.72. The molecule has 104 valence electrons. The first kappa shape index (κ1) is 12.6. The Bertz CT molecular complexity index is 766. The largest absolute Gasteiger partial charge is 0.492 e. The van der Waals surface area contributed by atoms with Crippen LogP contribution in [0.3, 0.4) is 0 Å². The van der Waals surface area contributed by atoms with Gasteiger partial charge in [0.1, 0.15) is 5.82 Å². The summed E-state index contributed by atoms with van der Waals surface area (Å²) in [6, 6.07) is 11.3. The van der Waals surface area contributed by atoms with Crippen molar-refractivity contribution >= 4 is 24.2 Å². The van der Waals surface area contributed by atoms with E-state index < -0.39 is 18.5 Å². The molecule has 2 aliphatic rings. The molecular formula is C15H11BFNO3. The number of hydrogen-bond acceptors (Lipinski definition) is 3. The fourth-order valence-electron chi connectivity index (χ4n) is 3.10. The van der Waals surface area contributed by atoms with Gasteiger partial charge in [0.15, 0.2) is 5.60 Å². The molecule has 1 spiro atoms. The number of fused-ring (bicyclic) bond motifs is 3. The summed E-state index contributed by atoms with van der Waals surface area (Å²) in [6.07, 6.45) is 0.266. The van der Waals surface area contributed by atoms with E-state index in [1.165, 1.54) is 18.2 Å². The van der Waals surface area contributed by atoms with Crippen molar-refractivity contribution in [1.29, 1.82) is 0 Å². The quantitative estimate of drug-likeness (QED) is 0.707. The van der Waals surface area contributed by atoms with Gasteiger partial charge in [-0.25, -0.2) is 4.39 Å². The maximum Gasteiger partial charge on any atom is 0.492 e. The number of carbonyl (C=O) groups is 1. The third kappa shape index (κ3) is 1.66. The van der Waals surface area contributed by atoms with Crippen LogP contribution in [0.2, 0.25) is 0 Å². The molecule has 4 rings (SSSR count). The molecule has 2 aromatic rings. The lowest BCUT2D eigenvalue weighted by atomic mass is 9.68. The van der Waals surface area contributed by atoms with Crippen LogP contribution in [0.25, 0.3) is 0 Å². The number of anilines is 1. The van der Waals surface area contributed by atoms with Gasteiger partial charge in [-0.2, -0.15) is 0 Å². The van der Waals surface area contributed by atoms with E-state index in [-0.39, 0.29) is 12.3 Å². The predicted octanol–water partition coefficient (Wildman–Crippen LogP) is 0.933. The molecule has 0 fully saturated rings. The minimum absolute atomic E-state index is 0.266. The SMILES string of the molecule is O=C1Nc2ccc(F)cc2C12Cc1ccccc1B(O)O2. The van der Waals surface area contributed by atoms with Crippen LogP contribution in [0.15, 0.2) is 42.5 Å². The molecule has 2 aliphatic heterocycles. The van der Waals surface area contributed by atoms with Crippen molar-refractivity contribution in [3.8, 4) is 0 Å². The van der Waals surface area contributed by atoms with E-state index in [1.54, 1.807) is 12.1 Å². The standard InChI is InChI=1S/C15H11BFNO3/c17-10-5-6-13-11(7-10)15(14(19)18-13)8-9-3-1-2-4-12(9)16(20)21-15/h1-7,20H,8H2,(H,18,19). The van der Waals surface area contributed by atoms with E-state index in [9.17, 15) is 14.2 Å². The Hall–Kier alpha value is -2.18.